The SMILES string of the molecule is COc1ccccc1C1/C(=C(\O)c2cc(C)cc(Cl)c2OC)C(=O)C(=O)N1CC1CCCO1. The number of para-hydroxylation sites is 1. The molecule has 0 spiro atoms. The zero-order valence-corrected chi connectivity index (χ0v) is 19.5. The van der Waals surface area contributed by atoms with Crippen LogP contribution in [-0.4, -0.2) is 55.2 Å². The molecule has 2 saturated heterocycles. The summed E-state index contributed by atoms with van der Waals surface area (Å²) in [6.45, 7) is 2.67. The predicted molar refractivity (Wildman–Crippen MR) is 124 cm³/mol. The Morgan fingerprint density at radius 3 is 2.64 bits per heavy atom. The molecule has 2 unspecified atom stereocenters. The summed E-state index contributed by atoms with van der Waals surface area (Å²) in [5.74, 6) is -1.09. The van der Waals surface area contributed by atoms with Gasteiger partial charge in [0, 0.05) is 18.7 Å². The number of ketones is 1. The smallest absolute Gasteiger partial charge is 0.295 e. The summed E-state index contributed by atoms with van der Waals surface area (Å²) in [6, 6.07) is 9.66. The fourth-order valence-corrected chi connectivity index (χ4v) is 4.90. The molecule has 2 fully saturated rings. The standard InChI is InChI=1S/C25H26ClNO6/c1-14-11-17(24(32-3)18(26)12-14)22(28)20-21(16-8-4-5-9-19(16)31-2)27(25(30)23(20)29)13-15-7-6-10-33-15/h4-5,8-9,11-12,15,21,28H,6-7,10,13H2,1-3H3/b22-20+. The molecule has 0 saturated carbocycles. The number of ether oxygens (including phenoxy) is 3. The largest absolute Gasteiger partial charge is 0.507 e. The maximum Gasteiger partial charge on any atom is 0.295 e. The van der Waals surface area contributed by atoms with Gasteiger partial charge in [0.2, 0.25) is 0 Å². The number of aliphatic hydroxyl groups is 1. The van der Waals surface area contributed by atoms with E-state index < -0.39 is 17.7 Å². The first-order valence-corrected chi connectivity index (χ1v) is 11.1. The molecule has 4 rings (SSSR count). The third kappa shape index (κ3) is 4.18. The number of likely N-dealkylation sites (tertiary alicyclic amines) is 1. The predicted octanol–water partition coefficient (Wildman–Crippen LogP) is 4.27. The van der Waals surface area contributed by atoms with E-state index in [4.69, 9.17) is 25.8 Å². The highest BCUT2D eigenvalue weighted by Gasteiger charge is 2.48. The molecule has 8 heteroatoms. The Kier molecular flexibility index (Phi) is 6.63. The van der Waals surface area contributed by atoms with Gasteiger partial charge in [0.15, 0.2) is 0 Å². The Bertz CT molecular complexity index is 1120. The van der Waals surface area contributed by atoms with E-state index in [2.05, 4.69) is 0 Å². The normalized spacial score (nSPS) is 22.1. The number of aliphatic hydroxyl groups excluding tert-OH is 1. The van der Waals surface area contributed by atoms with E-state index in [1.807, 2.05) is 6.92 Å². The van der Waals surface area contributed by atoms with Crippen LogP contribution in [0.3, 0.4) is 0 Å². The summed E-state index contributed by atoms with van der Waals surface area (Å²) in [7, 11) is 2.95. The molecule has 0 aromatic heterocycles. The molecule has 33 heavy (non-hydrogen) atoms. The summed E-state index contributed by atoms with van der Waals surface area (Å²) >= 11 is 6.34. The number of aryl methyl sites for hydroxylation is 1. The molecule has 0 bridgehead atoms. The third-order valence-corrected chi connectivity index (χ3v) is 6.33. The number of halogens is 1. The fraction of sp³-hybridized carbons (Fsp3) is 0.360. The van der Waals surface area contributed by atoms with Crippen molar-refractivity contribution in [1.29, 1.82) is 0 Å². The molecular formula is C25H26ClNO6. The van der Waals surface area contributed by atoms with E-state index in [9.17, 15) is 14.7 Å². The Morgan fingerprint density at radius 1 is 1.21 bits per heavy atom. The zero-order valence-electron chi connectivity index (χ0n) is 18.8. The van der Waals surface area contributed by atoms with Crippen LogP contribution in [0, 0.1) is 6.92 Å². The van der Waals surface area contributed by atoms with Crippen LogP contribution in [0.15, 0.2) is 42.0 Å². The molecule has 2 atom stereocenters. The summed E-state index contributed by atoms with van der Waals surface area (Å²) < 4.78 is 16.7. The number of Topliss-reactive ketones (excluding diaryl/α,β-unsaturated/α-hetero) is 1. The molecule has 2 aliphatic heterocycles. The first-order chi connectivity index (χ1) is 15.9. The van der Waals surface area contributed by atoms with Crippen molar-refractivity contribution in [2.45, 2.75) is 31.9 Å². The van der Waals surface area contributed by atoms with Gasteiger partial charge in [-0.05, 0) is 43.5 Å². The lowest BCUT2D eigenvalue weighted by Crippen LogP contribution is -2.36. The highest BCUT2D eigenvalue weighted by Crippen LogP contribution is 2.45. The monoisotopic (exact) mass is 471 g/mol. The molecule has 2 aromatic carbocycles. The maximum atomic E-state index is 13.3. The van der Waals surface area contributed by atoms with Gasteiger partial charge in [0.1, 0.15) is 17.3 Å². The quantitative estimate of drug-likeness (QED) is 0.385. The fourth-order valence-electron chi connectivity index (χ4n) is 4.55. The van der Waals surface area contributed by atoms with Crippen molar-refractivity contribution in [3.8, 4) is 11.5 Å². The Labute approximate surface area is 197 Å². The maximum absolute atomic E-state index is 13.3. The number of hydrogen-bond donors (Lipinski definition) is 1. The van der Waals surface area contributed by atoms with Crippen molar-refractivity contribution in [3.05, 3.63) is 63.7 Å². The van der Waals surface area contributed by atoms with Crippen molar-refractivity contribution in [3.63, 3.8) is 0 Å². The molecular weight excluding hydrogens is 446 g/mol. The van der Waals surface area contributed by atoms with Gasteiger partial charge in [-0.2, -0.15) is 0 Å². The van der Waals surface area contributed by atoms with Crippen LogP contribution in [0.4, 0.5) is 0 Å². The lowest BCUT2D eigenvalue weighted by molar-refractivity contribution is -0.140. The van der Waals surface area contributed by atoms with E-state index in [0.717, 1.165) is 18.4 Å². The average Bonchev–Trinajstić information content (AvgIpc) is 3.40. The Morgan fingerprint density at radius 2 is 1.97 bits per heavy atom. The Balaban J connectivity index is 1.93. The van der Waals surface area contributed by atoms with E-state index in [0.29, 0.717) is 22.9 Å². The molecule has 174 valence electrons. The summed E-state index contributed by atoms with van der Waals surface area (Å²) in [4.78, 5) is 27.9. The number of hydrogen-bond acceptors (Lipinski definition) is 6. The second kappa shape index (κ2) is 9.45. The average molecular weight is 472 g/mol. The Hall–Kier alpha value is -3.03. The van der Waals surface area contributed by atoms with Crippen LogP contribution in [0.25, 0.3) is 5.76 Å². The van der Waals surface area contributed by atoms with Crippen LogP contribution >= 0.6 is 11.6 Å². The molecule has 2 aromatic rings. The van der Waals surface area contributed by atoms with Crippen LogP contribution in [0.5, 0.6) is 11.5 Å². The van der Waals surface area contributed by atoms with Crippen molar-refractivity contribution in [2.24, 2.45) is 0 Å². The lowest BCUT2D eigenvalue weighted by Gasteiger charge is -2.28. The minimum absolute atomic E-state index is 0.0394. The second-order valence-electron chi connectivity index (χ2n) is 8.16. The molecule has 0 radical (unpaired) electrons. The molecule has 2 aliphatic rings. The summed E-state index contributed by atoms with van der Waals surface area (Å²) in [5.41, 5.74) is 1.57. The highest BCUT2D eigenvalue weighted by molar-refractivity contribution is 6.46. The van der Waals surface area contributed by atoms with Gasteiger partial charge in [0.05, 0.1) is 42.5 Å². The van der Waals surface area contributed by atoms with Crippen molar-refractivity contribution < 1.29 is 28.9 Å². The lowest BCUT2D eigenvalue weighted by atomic mass is 9.93. The van der Waals surface area contributed by atoms with Crippen molar-refractivity contribution in [2.75, 3.05) is 27.4 Å². The molecule has 0 aliphatic carbocycles. The number of carbonyl (C=O) groups is 2. The van der Waals surface area contributed by atoms with E-state index >= 15 is 0 Å². The van der Waals surface area contributed by atoms with Crippen molar-refractivity contribution >= 4 is 29.1 Å². The van der Waals surface area contributed by atoms with Gasteiger partial charge in [-0.15, -0.1) is 0 Å². The van der Waals surface area contributed by atoms with E-state index in [-0.39, 0.29) is 35.3 Å². The minimum atomic E-state index is -0.852. The summed E-state index contributed by atoms with van der Waals surface area (Å²) in [5, 5.41) is 11.7. The number of rotatable bonds is 6. The second-order valence-corrected chi connectivity index (χ2v) is 8.56. The third-order valence-electron chi connectivity index (χ3n) is 6.04. The topological polar surface area (TPSA) is 85.3 Å². The van der Waals surface area contributed by atoms with Crippen LogP contribution in [0.2, 0.25) is 5.02 Å². The molecule has 1 amide bonds. The number of carbonyl (C=O) groups excluding carboxylic acids is 2. The van der Waals surface area contributed by atoms with Crippen LogP contribution in [-0.2, 0) is 14.3 Å². The minimum Gasteiger partial charge on any atom is -0.507 e. The highest BCUT2D eigenvalue weighted by atomic mass is 35.5. The molecule has 2 heterocycles. The number of benzene rings is 2. The number of nitrogens with zero attached hydrogens (tertiary/aromatic N) is 1. The number of methoxy groups -OCH3 is 2. The first-order valence-electron chi connectivity index (χ1n) is 10.7. The van der Waals surface area contributed by atoms with Gasteiger partial charge >= 0.3 is 0 Å². The molecule has 7 nitrogen and oxygen atoms in total. The van der Waals surface area contributed by atoms with Gasteiger partial charge in [-0.1, -0.05) is 29.8 Å². The zero-order chi connectivity index (χ0) is 23.7. The van der Waals surface area contributed by atoms with Gasteiger partial charge in [0.25, 0.3) is 11.7 Å². The van der Waals surface area contributed by atoms with Gasteiger partial charge in [-0.25, -0.2) is 0 Å². The van der Waals surface area contributed by atoms with Crippen LogP contribution in [0.1, 0.15) is 35.6 Å². The molecule has 1 N–H and O–H groups in total. The van der Waals surface area contributed by atoms with E-state index in [1.54, 1.807) is 36.4 Å². The van der Waals surface area contributed by atoms with Gasteiger partial charge < -0.3 is 24.2 Å². The first kappa shape index (κ1) is 23.1. The number of amides is 1. The van der Waals surface area contributed by atoms with Crippen molar-refractivity contribution in [1.82, 2.24) is 4.90 Å². The van der Waals surface area contributed by atoms with Gasteiger partial charge in [-0.3, -0.25) is 9.59 Å². The van der Waals surface area contributed by atoms with Crippen LogP contribution < -0.4 is 9.47 Å². The summed E-state index contributed by atoms with van der Waals surface area (Å²) in [6.07, 6.45) is 1.51. The van der Waals surface area contributed by atoms with E-state index in [1.165, 1.54) is 19.1 Å².